The molecule has 0 spiro atoms. The number of carboxylic acids is 1. The van der Waals surface area contributed by atoms with Crippen LogP contribution in [0.25, 0.3) is 11.0 Å². The van der Waals surface area contributed by atoms with Gasteiger partial charge in [0, 0.05) is 50.6 Å². The van der Waals surface area contributed by atoms with Gasteiger partial charge in [-0.15, -0.1) is 5.10 Å². The van der Waals surface area contributed by atoms with Crippen molar-refractivity contribution in [1.29, 1.82) is 0 Å². The van der Waals surface area contributed by atoms with Crippen molar-refractivity contribution in [3.05, 3.63) is 82.2 Å². The lowest BCUT2D eigenvalue weighted by molar-refractivity contribution is -0.137. The molecule has 2 atom stereocenters. The van der Waals surface area contributed by atoms with Crippen molar-refractivity contribution in [3.8, 4) is 5.75 Å². The minimum atomic E-state index is -0.828. The maximum atomic E-state index is 12.0. The number of hydrogen-bond acceptors (Lipinski definition) is 6. The Bertz CT molecular complexity index is 1450. The molecule has 192 valence electrons. The molecule has 0 bridgehead atoms. The molecule has 3 heterocycles. The van der Waals surface area contributed by atoms with Gasteiger partial charge in [0.15, 0.2) is 0 Å². The van der Waals surface area contributed by atoms with Gasteiger partial charge in [-0.25, -0.2) is 4.68 Å². The van der Waals surface area contributed by atoms with Gasteiger partial charge in [-0.2, -0.15) is 0 Å². The zero-order valence-corrected chi connectivity index (χ0v) is 21.8. The van der Waals surface area contributed by atoms with Crippen LogP contribution < -0.4 is 4.74 Å². The van der Waals surface area contributed by atoms with Gasteiger partial charge >= 0.3 is 5.97 Å². The first-order valence-corrected chi connectivity index (χ1v) is 12.8. The normalized spacial score (nSPS) is 16.7. The minimum Gasteiger partial charge on any atom is -0.489 e. The number of aliphatic carboxylic acids is 1. The van der Waals surface area contributed by atoms with Crippen LogP contribution in [0.15, 0.2) is 48.8 Å². The average Bonchev–Trinajstić information content (AvgIpc) is 3.16. The fourth-order valence-electron chi connectivity index (χ4n) is 5.32. The van der Waals surface area contributed by atoms with Crippen LogP contribution in [-0.4, -0.2) is 48.6 Å². The number of fused-ring (bicyclic) bond motifs is 2. The Balaban J connectivity index is 1.50. The van der Waals surface area contributed by atoms with Gasteiger partial charge < -0.3 is 9.84 Å². The molecule has 8 heteroatoms. The smallest absolute Gasteiger partial charge is 0.304 e. The maximum absolute atomic E-state index is 12.0. The average molecular weight is 500 g/mol. The highest BCUT2D eigenvalue weighted by atomic mass is 16.5. The molecular weight excluding hydrogens is 466 g/mol. The largest absolute Gasteiger partial charge is 0.489 e. The van der Waals surface area contributed by atoms with Gasteiger partial charge in [0.25, 0.3) is 0 Å². The summed E-state index contributed by atoms with van der Waals surface area (Å²) in [5, 5.41) is 18.3. The number of carboxylic acid groups (broad SMARTS) is 1. The molecule has 0 aliphatic carbocycles. The Morgan fingerprint density at radius 3 is 2.84 bits per heavy atom. The van der Waals surface area contributed by atoms with Crippen molar-refractivity contribution in [3.63, 3.8) is 0 Å². The number of aromatic nitrogens is 4. The first-order valence-electron chi connectivity index (χ1n) is 12.8. The minimum absolute atomic E-state index is 0.00359. The lowest BCUT2D eigenvalue weighted by atomic mass is 9.84. The van der Waals surface area contributed by atoms with Crippen molar-refractivity contribution in [2.45, 2.75) is 58.7 Å². The van der Waals surface area contributed by atoms with Crippen molar-refractivity contribution < 1.29 is 14.6 Å². The van der Waals surface area contributed by atoms with Crippen LogP contribution in [0.2, 0.25) is 0 Å². The molecule has 2 aromatic carbocycles. The maximum Gasteiger partial charge on any atom is 0.304 e. The summed E-state index contributed by atoms with van der Waals surface area (Å²) < 4.78 is 8.00. The number of rotatable bonds is 7. The van der Waals surface area contributed by atoms with E-state index in [1.165, 1.54) is 11.1 Å². The van der Waals surface area contributed by atoms with Gasteiger partial charge in [0.1, 0.15) is 17.4 Å². The third-order valence-corrected chi connectivity index (χ3v) is 7.47. The summed E-state index contributed by atoms with van der Waals surface area (Å²) in [6.45, 7) is 8.58. The number of hydrogen-bond donors (Lipinski definition) is 1. The molecule has 5 rings (SSSR count). The molecule has 0 fully saturated rings. The lowest BCUT2D eigenvalue weighted by Crippen LogP contribution is -2.32. The molecule has 1 aliphatic heterocycles. The van der Waals surface area contributed by atoms with Gasteiger partial charge in [-0.05, 0) is 60.2 Å². The number of ether oxygens (including phenoxy) is 1. The van der Waals surface area contributed by atoms with Crippen LogP contribution in [0, 0.1) is 13.8 Å². The standard InChI is InChI=1S/C29H33N5O3/c1-5-23-17-34(16-22-14-30-11-10-27(22)37-23)15-21-12-20(7-6-18(21)2)25(13-28(35)36)24-8-9-26-29(19(24)3)31-32-33(26)4/h6-12,14,23,25H,5,13,15-17H2,1-4H3,(H,35,36)/t23-,25-/m1/s1. The van der Waals surface area contributed by atoms with Gasteiger partial charge in [-0.1, -0.05) is 36.4 Å². The van der Waals surface area contributed by atoms with E-state index in [0.717, 1.165) is 65.1 Å². The summed E-state index contributed by atoms with van der Waals surface area (Å²) in [5.41, 5.74) is 8.14. The highest BCUT2D eigenvalue weighted by molar-refractivity contribution is 5.80. The van der Waals surface area contributed by atoms with E-state index in [9.17, 15) is 9.90 Å². The Morgan fingerprint density at radius 2 is 2.05 bits per heavy atom. The van der Waals surface area contributed by atoms with Crippen LogP contribution in [-0.2, 0) is 24.9 Å². The Labute approximate surface area is 216 Å². The number of nitrogens with zero attached hydrogens (tertiary/aromatic N) is 5. The molecule has 37 heavy (non-hydrogen) atoms. The van der Waals surface area contributed by atoms with Crippen molar-refractivity contribution in [1.82, 2.24) is 24.9 Å². The molecule has 0 radical (unpaired) electrons. The van der Waals surface area contributed by atoms with Crippen LogP contribution in [0.3, 0.4) is 0 Å². The van der Waals surface area contributed by atoms with E-state index in [-0.39, 0.29) is 18.4 Å². The summed E-state index contributed by atoms with van der Waals surface area (Å²) in [4.78, 5) is 18.7. The van der Waals surface area contributed by atoms with E-state index in [1.807, 2.05) is 38.4 Å². The van der Waals surface area contributed by atoms with E-state index < -0.39 is 5.97 Å². The highest BCUT2D eigenvalue weighted by Gasteiger charge is 2.25. The Kier molecular flexibility index (Phi) is 6.93. The molecule has 4 aromatic rings. The number of aryl methyl sites for hydroxylation is 3. The molecule has 0 amide bonds. The zero-order valence-electron chi connectivity index (χ0n) is 21.8. The number of pyridine rings is 1. The Morgan fingerprint density at radius 1 is 1.22 bits per heavy atom. The second-order valence-corrected chi connectivity index (χ2v) is 10.00. The molecule has 1 N–H and O–H groups in total. The molecular formula is C29H33N5O3. The summed E-state index contributed by atoms with van der Waals surface area (Å²) in [6, 6.07) is 12.3. The molecule has 1 aliphatic rings. The summed E-state index contributed by atoms with van der Waals surface area (Å²) in [7, 11) is 1.86. The topological polar surface area (TPSA) is 93.4 Å². The van der Waals surface area contributed by atoms with Crippen molar-refractivity contribution >= 4 is 17.0 Å². The molecule has 2 aromatic heterocycles. The summed E-state index contributed by atoms with van der Waals surface area (Å²) in [6.07, 6.45) is 4.69. The highest BCUT2D eigenvalue weighted by Crippen LogP contribution is 2.35. The van der Waals surface area contributed by atoms with Crippen LogP contribution in [0.1, 0.15) is 59.1 Å². The molecule has 8 nitrogen and oxygen atoms in total. The molecule has 0 saturated heterocycles. The molecule has 0 saturated carbocycles. The van der Waals surface area contributed by atoms with Crippen molar-refractivity contribution in [2.75, 3.05) is 6.54 Å². The van der Waals surface area contributed by atoms with Gasteiger partial charge in [0.2, 0.25) is 0 Å². The zero-order chi connectivity index (χ0) is 26.1. The van der Waals surface area contributed by atoms with Crippen LogP contribution >= 0.6 is 0 Å². The van der Waals surface area contributed by atoms with E-state index >= 15 is 0 Å². The van der Waals surface area contributed by atoms with E-state index in [4.69, 9.17) is 4.74 Å². The fourth-order valence-corrected chi connectivity index (χ4v) is 5.32. The monoisotopic (exact) mass is 499 g/mol. The first kappa shape index (κ1) is 24.9. The van der Waals surface area contributed by atoms with Crippen LogP contribution in [0.5, 0.6) is 5.75 Å². The van der Waals surface area contributed by atoms with Gasteiger partial charge in [0.05, 0.1) is 11.9 Å². The number of benzene rings is 2. The second kappa shape index (κ2) is 10.3. The first-order chi connectivity index (χ1) is 17.8. The summed E-state index contributed by atoms with van der Waals surface area (Å²) >= 11 is 0. The van der Waals surface area contributed by atoms with E-state index in [2.05, 4.69) is 52.2 Å². The van der Waals surface area contributed by atoms with Gasteiger partial charge in [-0.3, -0.25) is 14.7 Å². The summed E-state index contributed by atoms with van der Waals surface area (Å²) in [5.74, 6) is -0.208. The molecule has 0 unspecified atom stereocenters. The van der Waals surface area contributed by atoms with Crippen LogP contribution in [0.4, 0.5) is 0 Å². The van der Waals surface area contributed by atoms with E-state index in [0.29, 0.717) is 0 Å². The van der Waals surface area contributed by atoms with Crippen molar-refractivity contribution in [2.24, 2.45) is 7.05 Å². The quantitative estimate of drug-likeness (QED) is 0.392. The lowest BCUT2D eigenvalue weighted by Gasteiger charge is -2.25. The predicted molar refractivity (Wildman–Crippen MR) is 142 cm³/mol. The SMILES string of the molecule is CC[C@@H]1CN(Cc2cc([C@@H](CC(=O)O)c3ccc4c(nnn4C)c3C)ccc2C)Cc2cnccc2O1. The Hall–Kier alpha value is -3.78. The second-order valence-electron chi connectivity index (χ2n) is 10.00. The third-order valence-electron chi connectivity index (χ3n) is 7.47. The van der Waals surface area contributed by atoms with E-state index in [1.54, 1.807) is 10.9 Å². The predicted octanol–water partition coefficient (Wildman–Crippen LogP) is 4.76. The fraction of sp³-hybridized carbons (Fsp3) is 0.379. The number of carbonyl (C=O) groups is 1. The third kappa shape index (κ3) is 5.06.